The summed E-state index contributed by atoms with van der Waals surface area (Å²) in [5, 5.41) is 10.5. The first kappa shape index (κ1) is 20.1. The predicted molar refractivity (Wildman–Crippen MR) is 92.9 cm³/mol. The van der Waals surface area contributed by atoms with Crippen LogP contribution in [-0.2, 0) is 11.9 Å². The van der Waals surface area contributed by atoms with Crippen molar-refractivity contribution >= 4 is 34.8 Å². The molecule has 140 valence electrons. The molecule has 11 heteroatoms. The molecule has 0 aromatic carbocycles. The van der Waals surface area contributed by atoms with Gasteiger partial charge in [0.1, 0.15) is 23.7 Å². The summed E-state index contributed by atoms with van der Waals surface area (Å²) in [6, 6.07) is 1.46. The van der Waals surface area contributed by atoms with Crippen LogP contribution in [-0.4, -0.2) is 39.5 Å². The van der Waals surface area contributed by atoms with E-state index in [9.17, 15) is 13.6 Å². The number of aromatic nitrogens is 3. The molecule has 0 aliphatic carbocycles. The molecule has 0 aliphatic heterocycles. The molecule has 26 heavy (non-hydrogen) atoms. The molecule has 0 fully saturated rings. The van der Waals surface area contributed by atoms with E-state index in [4.69, 9.17) is 28.0 Å². The molecule has 0 unspecified atom stereocenters. The zero-order chi connectivity index (χ0) is 19.3. The van der Waals surface area contributed by atoms with Crippen molar-refractivity contribution in [3.05, 3.63) is 45.5 Å². The van der Waals surface area contributed by atoms with Crippen LogP contribution in [0.3, 0.4) is 0 Å². The van der Waals surface area contributed by atoms with Gasteiger partial charge in [0, 0.05) is 19.4 Å². The van der Waals surface area contributed by atoms with Gasteiger partial charge < -0.3 is 10.2 Å². The molecular weight excluding hydrogens is 391 g/mol. The molecule has 2 rings (SSSR count). The number of aryl methyl sites for hydroxylation is 1. The van der Waals surface area contributed by atoms with Crippen LogP contribution < -0.4 is 5.32 Å². The lowest BCUT2D eigenvalue weighted by atomic mass is 10.2. The van der Waals surface area contributed by atoms with Gasteiger partial charge in [-0.2, -0.15) is 5.10 Å². The van der Waals surface area contributed by atoms with Crippen molar-refractivity contribution < 1.29 is 18.4 Å². The number of halogens is 4. The van der Waals surface area contributed by atoms with E-state index in [1.165, 1.54) is 25.5 Å². The van der Waals surface area contributed by atoms with E-state index in [1.54, 1.807) is 6.92 Å². The van der Waals surface area contributed by atoms with Crippen molar-refractivity contribution in [2.75, 3.05) is 13.2 Å². The number of amides is 1. The van der Waals surface area contributed by atoms with Crippen molar-refractivity contribution in [1.29, 1.82) is 0 Å². The van der Waals surface area contributed by atoms with E-state index in [2.05, 4.69) is 20.6 Å². The van der Waals surface area contributed by atoms with Gasteiger partial charge in [0.05, 0.1) is 22.2 Å². The Morgan fingerprint density at radius 1 is 1.46 bits per heavy atom. The fraction of sp³-hybridized carbons (Fsp3) is 0.333. The minimum absolute atomic E-state index is 0.148. The van der Waals surface area contributed by atoms with Crippen LogP contribution >= 0.6 is 23.2 Å². The van der Waals surface area contributed by atoms with Gasteiger partial charge in [0.2, 0.25) is 0 Å². The quantitative estimate of drug-likeness (QED) is 0.566. The van der Waals surface area contributed by atoms with Gasteiger partial charge in [-0.05, 0) is 13.0 Å². The lowest BCUT2D eigenvalue weighted by molar-refractivity contribution is 0.0944. The largest absolute Gasteiger partial charge is 0.396 e. The van der Waals surface area contributed by atoms with Crippen LogP contribution in [0.15, 0.2) is 23.6 Å². The van der Waals surface area contributed by atoms with Gasteiger partial charge in [0.25, 0.3) is 12.3 Å². The van der Waals surface area contributed by atoms with Gasteiger partial charge >= 0.3 is 0 Å². The van der Waals surface area contributed by atoms with Crippen LogP contribution in [0.1, 0.15) is 35.1 Å². The summed E-state index contributed by atoms with van der Waals surface area (Å²) in [6.07, 6.45) is -0.299. The zero-order valence-electron chi connectivity index (χ0n) is 13.8. The second kappa shape index (κ2) is 8.91. The number of hydrogen-bond donors (Lipinski definition) is 1. The molecule has 7 nitrogen and oxygen atoms in total. The number of rotatable bonds is 7. The molecule has 1 amide bonds. The summed E-state index contributed by atoms with van der Waals surface area (Å²) >= 11 is 11.9. The highest BCUT2D eigenvalue weighted by Crippen LogP contribution is 2.21. The van der Waals surface area contributed by atoms with Crippen molar-refractivity contribution in [3.63, 3.8) is 0 Å². The molecule has 0 aliphatic rings. The Morgan fingerprint density at radius 2 is 2.19 bits per heavy atom. The van der Waals surface area contributed by atoms with Crippen LogP contribution in [0.4, 0.5) is 8.78 Å². The first-order valence-corrected chi connectivity index (χ1v) is 8.19. The molecule has 2 aromatic heterocycles. The molecule has 0 saturated carbocycles. The molecule has 1 N–H and O–H groups in total. The number of nitrogens with one attached hydrogen (secondary N) is 1. The van der Waals surface area contributed by atoms with Crippen LogP contribution in [0.2, 0.25) is 10.0 Å². The van der Waals surface area contributed by atoms with E-state index in [-0.39, 0.29) is 35.1 Å². The molecule has 0 spiro atoms. The van der Waals surface area contributed by atoms with Crippen LogP contribution in [0, 0.1) is 0 Å². The summed E-state index contributed by atoms with van der Waals surface area (Å²) in [5.74, 6) is -0.734. The van der Waals surface area contributed by atoms with Crippen LogP contribution in [0.25, 0.3) is 0 Å². The minimum atomic E-state index is -2.87. The smallest absolute Gasteiger partial charge is 0.282 e. The molecule has 0 bridgehead atoms. The van der Waals surface area contributed by atoms with Crippen molar-refractivity contribution in [3.8, 4) is 0 Å². The van der Waals surface area contributed by atoms with Gasteiger partial charge in [-0.3, -0.25) is 14.5 Å². The Bertz CT molecular complexity index is 826. The zero-order valence-corrected chi connectivity index (χ0v) is 15.4. The lowest BCUT2D eigenvalue weighted by Crippen LogP contribution is -2.31. The maximum Gasteiger partial charge on any atom is 0.282 e. The molecule has 0 saturated heterocycles. The van der Waals surface area contributed by atoms with E-state index < -0.39 is 18.0 Å². The van der Waals surface area contributed by atoms with Crippen molar-refractivity contribution in [2.24, 2.45) is 12.2 Å². The fourth-order valence-electron chi connectivity index (χ4n) is 2.03. The Kier molecular flexibility index (Phi) is 6.87. The van der Waals surface area contributed by atoms with Gasteiger partial charge in [0.15, 0.2) is 0 Å². The Balaban J connectivity index is 2.21. The molecule has 2 heterocycles. The number of nitrogens with zero attached hydrogens (tertiary/aromatic N) is 4. The topological polar surface area (TPSA) is 81.4 Å². The highest BCUT2D eigenvalue weighted by molar-refractivity contribution is 6.36. The second-order valence-corrected chi connectivity index (χ2v) is 5.87. The highest BCUT2D eigenvalue weighted by atomic mass is 35.5. The molecule has 0 radical (unpaired) electrons. The third-order valence-corrected chi connectivity index (χ3v) is 3.60. The third kappa shape index (κ3) is 4.89. The van der Waals surface area contributed by atoms with E-state index in [0.717, 1.165) is 4.68 Å². The van der Waals surface area contributed by atoms with E-state index in [0.29, 0.717) is 5.02 Å². The number of pyridine rings is 1. The van der Waals surface area contributed by atoms with Crippen molar-refractivity contribution in [1.82, 2.24) is 20.1 Å². The van der Waals surface area contributed by atoms with E-state index >= 15 is 0 Å². The Labute approximate surface area is 157 Å². The average molecular weight is 406 g/mol. The van der Waals surface area contributed by atoms with Gasteiger partial charge in [-0.1, -0.05) is 28.4 Å². The van der Waals surface area contributed by atoms with Gasteiger partial charge in [-0.25, -0.2) is 8.78 Å². The normalized spacial score (nSPS) is 11.7. The minimum Gasteiger partial charge on any atom is -0.396 e. The monoisotopic (exact) mass is 405 g/mol. The third-order valence-electron chi connectivity index (χ3n) is 3.11. The number of hydrogen-bond acceptors (Lipinski definition) is 5. The van der Waals surface area contributed by atoms with Crippen molar-refractivity contribution in [2.45, 2.75) is 13.3 Å². The average Bonchev–Trinajstić information content (AvgIpc) is 2.98. The first-order chi connectivity index (χ1) is 12.3. The highest BCUT2D eigenvalue weighted by Gasteiger charge is 2.23. The van der Waals surface area contributed by atoms with Gasteiger partial charge in [-0.15, -0.1) is 0 Å². The standard InChI is InChI=1S/C15H15Cl2F2N5O2/c1-3-26-23-11(13-10(17)4-8(16)5-20-13)6-21-15(25)9-7-24(2)22-12(9)14(18)19/h4-5,7,14H,3,6H2,1-2H3,(H,21,25). The second-order valence-electron chi connectivity index (χ2n) is 5.02. The number of carbonyl (C=O) groups is 1. The molecule has 2 aromatic rings. The predicted octanol–water partition coefficient (Wildman–Crippen LogP) is 3.23. The summed E-state index contributed by atoms with van der Waals surface area (Å²) in [6.45, 7) is 1.85. The van der Waals surface area contributed by atoms with E-state index in [1.807, 2.05) is 0 Å². The first-order valence-electron chi connectivity index (χ1n) is 7.43. The summed E-state index contributed by atoms with van der Waals surface area (Å²) in [5.41, 5.74) is -0.362. The number of carbonyl (C=O) groups excluding carboxylic acids is 1. The number of alkyl halides is 2. The molecular formula is C15H15Cl2F2N5O2. The summed E-state index contributed by atoms with van der Waals surface area (Å²) < 4.78 is 27.1. The van der Waals surface area contributed by atoms with Crippen LogP contribution in [0.5, 0.6) is 0 Å². The maximum absolute atomic E-state index is 13.0. The molecule has 0 atom stereocenters. The lowest BCUT2D eigenvalue weighted by Gasteiger charge is -2.09. The summed E-state index contributed by atoms with van der Waals surface area (Å²) in [4.78, 5) is 21.3. The fourth-order valence-corrected chi connectivity index (χ4v) is 2.52. The maximum atomic E-state index is 13.0. The Morgan fingerprint density at radius 3 is 2.81 bits per heavy atom. The Hall–Kier alpha value is -2.26. The number of oxime groups is 1. The summed E-state index contributed by atoms with van der Waals surface area (Å²) in [7, 11) is 1.45. The SMILES string of the molecule is CCON=C(CNC(=O)c1cn(C)nc1C(F)F)c1ncc(Cl)cc1Cl.